The van der Waals surface area contributed by atoms with Crippen LogP contribution in [-0.2, 0) is 6.54 Å². The number of rotatable bonds is 8. The lowest BCUT2D eigenvalue weighted by Gasteiger charge is -2.25. The molecule has 0 fully saturated rings. The average molecular weight is 412 g/mol. The third-order valence-electron chi connectivity index (χ3n) is 4.90. The first-order chi connectivity index (χ1) is 14.3. The van der Waals surface area contributed by atoms with Crippen LogP contribution in [0.4, 0.5) is 10.6 Å². The van der Waals surface area contributed by atoms with E-state index in [9.17, 15) is 14.7 Å². The number of nitrogens with zero attached hydrogens (tertiary/aromatic N) is 2. The van der Waals surface area contributed by atoms with Gasteiger partial charge in [0.2, 0.25) is 0 Å². The predicted molar refractivity (Wildman–Crippen MR) is 118 cm³/mol. The molecule has 0 aliphatic heterocycles. The third kappa shape index (κ3) is 4.20. The van der Waals surface area contributed by atoms with E-state index in [1.54, 1.807) is 18.4 Å². The highest BCUT2D eigenvalue weighted by molar-refractivity contribution is 5.98. The molecule has 0 atom stereocenters. The zero-order chi connectivity index (χ0) is 21.8. The Labute approximate surface area is 175 Å². The number of furan rings is 1. The summed E-state index contributed by atoms with van der Waals surface area (Å²) in [5, 5.41) is 10.8. The Kier molecular flexibility index (Phi) is 6.50. The molecule has 160 valence electrons. The van der Waals surface area contributed by atoms with E-state index in [0.29, 0.717) is 35.4 Å². The molecule has 0 unspecified atom stereocenters. The molecule has 0 radical (unpaired) electrons. The van der Waals surface area contributed by atoms with E-state index in [1.165, 1.54) is 11.6 Å². The van der Waals surface area contributed by atoms with Crippen molar-refractivity contribution in [3.8, 4) is 17.1 Å². The number of anilines is 1. The molecule has 7 nitrogen and oxygen atoms in total. The van der Waals surface area contributed by atoms with Gasteiger partial charge in [-0.15, -0.1) is 0 Å². The van der Waals surface area contributed by atoms with E-state index in [4.69, 9.17) is 9.15 Å². The van der Waals surface area contributed by atoms with Gasteiger partial charge in [0.1, 0.15) is 5.76 Å². The van der Waals surface area contributed by atoms with Crippen molar-refractivity contribution in [3.05, 3.63) is 46.9 Å². The number of unbranched alkanes of at least 4 members (excludes halogenated alkanes) is 1. The van der Waals surface area contributed by atoms with Gasteiger partial charge in [-0.25, -0.2) is 4.79 Å². The van der Waals surface area contributed by atoms with Gasteiger partial charge in [0.15, 0.2) is 11.6 Å². The minimum Gasteiger partial charge on any atom is -0.489 e. The first kappa shape index (κ1) is 21.5. The molecule has 0 aliphatic rings. The summed E-state index contributed by atoms with van der Waals surface area (Å²) in [6.45, 7) is 6.83. The van der Waals surface area contributed by atoms with Crippen LogP contribution in [0.2, 0.25) is 0 Å². The number of hydrogen-bond donors (Lipinski definition) is 1. The van der Waals surface area contributed by atoms with Gasteiger partial charge in [-0.3, -0.25) is 14.3 Å². The number of amides is 1. The fourth-order valence-corrected chi connectivity index (χ4v) is 3.42. The molecule has 0 aliphatic carbocycles. The van der Waals surface area contributed by atoms with Crippen molar-refractivity contribution in [1.82, 2.24) is 4.57 Å². The number of fused-ring (bicyclic) bond motifs is 1. The van der Waals surface area contributed by atoms with Crippen molar-refractivity contribution in [2.45, 2.75) is 40.2 Å². The summed E-state index contributed by atoms with van der Waals surface area (Å²) in [7, 11) is 1.43. The smallest absolute Gasteiger partial charge is 0.412 e. The SMILES string of the molecule is CCCCOc1c(N(C)C(=O)O)n(CC(C)C)c(=O)c2ccc(-c3ccco3)cc12. The molecule has 0 spiro atoms. The Morgan fingerprint density at radius 2 is 2.03 bits per heavy atom. The first-order valence-corrected chi connectivity index (χ1v) is 10.2. The topological polar surface area (TPSA) is 84.9 Å². The Hall–Kier alpha value is -3.22. The Morgan fingerprint density at radius 3 is 2.63 bits per heavy atom. The van der Waals surface area contributed by atoms with Crippen LogP contribution in [0, 0.1) is 5.92 Å². The van der Waals surface area contributed by atoms with Gasteiger partial charge in [0, 0.05) is 24.5 Å². The largest absolute Gasteiger partial charge is 0.489 e. The molecule has 0 saturated carbocycles. The Bertz CT molecular complexity index is 1080. The van der Waals surface area contributed by atoms with Crippen molar-refractivity contribution in [2.24, 2.45) is 5.92 Å². The van der Waals surface area contributed by atoms with Crippen molar-refractivity contribution >= 4 is 22.7 Å². The molecule has 1 amide bonds. The van der Waals surface area contributed by atoms with E-state index in [-0.39, 0.29) is 17.3 Å². The Morgan fingerprint density at radius 1 is 1.27 bits per heavy atom. The van der Waals surface area contributed by atoms with Crippen molar-refractivity contribution in [1.29, 1.82) is 0 Å². The monoisotopic (exact) mass is 412 g/mol. The molecule has 2 aromatic heterocycles. The van der Waals surface area contributed by atoms with E-state index in [0.717, 1.165) is 23.3 Å². The van der Waals surface area contributed by atoms with Crippen LogP contribution in [0.15, 0.2) is 45.8 Å². The number of carboxylic acid groups (broad SMARTS) is 1. The van der Waals surface area contributed by atoms with Crippen molar-refractivity contribution < 1.29 is 19.1 Å². The summed E-state index contributed by atoms with van der Waals surface area (Å²) in [6.07, 6.45) is 2.18. The fraction of sp³-hybridized carbons (Fsp3) is 0.391. The number of benzene rings is 1. The van der Waals surface area contributed by atoms with Gasteiger partial charge in [-0.2, -0.15) is 0 Å². The maximum atomic E-state index is 13.4. The van der Waals surface area contributed by atoms with E-state index in [1.807, 2.05) is 32.0 Å². The second-order valence-corrected chi connectivity index (χ2v) is 7.74. The normalized spacial score (nSPS) is 11.2. The zero-order valence-corrected chi connectivity index (χ0v) is 17.8. The van der Waals surface area contributed by atoms with Crippen LogP contribution in [0.3, 0.4) is 0 Å². The van der Waals surface area contributed by atoms with Gasteiger partial charge in [-0.05, 0) is 36.6 Å². The van der Waals surface area contributed by atoms with E-state index < -0.39 is 6.09 Å². The molecule has 2 heterocycles. The average Bonchev–Trinajstić information content (AvgIpc) is 3.25. The molecular formula is C23H28N2O5. The van der Waals surface area contributed by atoms with Gasteiger partial charge in [-0.1, -0.05) is 33.3 Å². The minimum atomic E-state index is -1.16. The summed E-state index contributed by atoms with van der Waals surface area (Å²) in [5.74, 6) is 1.46. The quantitative estimate of drug-likeness (QED) is 0.513. The zero-order valence-electron chi connectivity index (χ0n) is 17.8. The van der Waals surface area contributed by atoms with Crippen LogP contribution in [0.1, 0.15) is 33.6 Å². The highest BCUT2D eigenvalue weighted by Crippen LogP contribution is 2.37. The Balaban J connectivity index is 2.35. The molecule has 30 heavy (non-hydrogen) atoms. The second-order valence-electron chi connectivity index (χ2n) is 7.74. The molecule has 0 saturated heterocycles. The standard InChI is InChI=1S/C23H28N2O5/c1-5-6-11-30-20-18-13-16(19-8-7-12-29-19)9-10-17(18)22(26)25(14-15(2)3)21(20)24(4)23(27)28/h7-10,12-13,15H,5-6,11,14H2,1-4H3,(H,27,28). The summed E-state index contributed by atoms with van der Waals surface area (Å²) in [4.78, 5) is 26.3. The maximum Gasteiger partial charge on any atom is 0.412 e. The lowest BCUT2D eigenvalue weighted by Crippen LogP contribution is -2.34. The van der Waals surface area contributed by atoms with E-state index >= 15 is 0 Å². The summed E-state index contributed by atoms with van der Waals surface area (Å²) in [5.41, 5.74) is 0.549. The first-order valence-electron chi connectivity index (χ1n) is 10.2. The summed E-state index contributed by atoms with van der Waals surface area (Å²) in [6, 6.07) is 9.05. The highest BCUT2D eigenvalue weighted by Gasteiger charge is 2.25. The lowest BCUT2D eigenvalue weighted by atomic mass is 10.0. The van der Waals surface area contributed by atoms with Crippen LogP contribution in [0.5, 0.6) is 5.75 Å². The number of ether oxygens (including phenoxy) is 1. The summed E-state index contributed by atoms with van der Waals surface area (Å²) < 4.78 is 13.1. The lowest BCUT2D eigenvalue weighted by molar-refractivity contribution is 0.202. The molecule has 1 N–H and O–H groups in total. The van der Waals surface area contributed by atoms with Crippen LogP contribution < -0.4 is 15.2 Å². The predicted octanol–water partition coefficient (Wildman–Crippen LogP) is 5.21. The number of pyridine rings is 1. The number of carbonyl (C=O) groups is 1. The summed E-state index contributed by atoms with van der Waals surface area (Å²) >= 11 is 0. The minimum absolute atomic E-state index is 0.145. The molecule has 3 aromatic rings. The third-order valence-corrected chi connectivity index (χ3v) is 4.90. The number of aromatic nitrogens is 1. The van der Waals surface area contributed by atoms with Crippen LogP contribution in [-0.4, -0.2) is 29.4 Å². The van der Waals surface area contributed by atoms with E-state index in [2.05, 4.69) is 6.92 Å². The van der Waals surface area contributed by atoms with Crippen LogP contribution >= 0.6 is 0 Å². The molecule has 3 rings (SSSR count). The van der Waals surface area contributed by atoms with Gasteiger partial charge in [0.25, 0.3) is 5.56 Å². The molecule has 7 heteroatoms. The highest BCUT2D eigenvalue weighted by atomic mass is 16.5. The molecule has 0 bridgehead atoms. The second kappa shape index (κ2) is 9.07. The molecular weight excluding hydrogens is 384 g/mol. The molecule has 1 aromatic carbocycles. The van der Waals surface area contributed by atoms with Crippen molar-refractivity contribution in [2.75, 3.05) is 18.6 Å². The van der Waals surface area contributed by atoms with Crippen molar-refractivity contribution in [3.63, 3.8) is 0 Å². The maximum absolute atomic E-state index is 13.4. The fourth-order valence-electron chi connectivity index (χ4n) is 3.42. The number of hydrogen-bond acceptors (Lipinski definition) is 4. The van der Waals surface area contributed by atoms with Gasteiger partial charge in [0.05, 0.1) is 18.3 Å². The van der Waals surface area contributed by atoms with Gasteiger partial charge < -0.3 is 14.3 Å². The van der Waals surface area contributed by atoms with Gasteiger partial charge >= 0.3 is 6.09 Å². The van der Waals surface area contributed by atoms with Crippen LogP contribution in [0.25, 0.3) is 22.1 Å².